The topological polar surface area (TPSA) is 34.9 Å². The molecule has 30 heavy (non-hydrogen) atoms. The van der Waals surface area contributed by atoms with Gasteiger partial charge in [0.2, 0.25) is 0 Å². The number of aromatic nitrogens is 2. The Hall–Kier alpha value is -1.81. The summed E-state index contributed by atoms with van der Waals surface area (Å²) in [5, 5.41) is 6.54. The molecule has 1 saturated carbocycles. The Balaban J connectivity index is 1.61. The number of Topliss-reactive ketones (excluding diaryl/α,β-unsaturated/α-hetero) is 1. The fourth-order valence-corrected chi connectivity index (χ4v) is 5.51. The van der Waals surface area contributed by atoms with Crippen molar-refractivity contribution in [2.75, 3.05) is 0 Å². The average Bonchev–Trinajstić information content (AvgIpc) is 3.25. The summed E-state index contributed by atoms with van der Waals surface area (Å²) in [7, 11) is 0. The number of halogens is 3. The maximum atomic E-state index is 13.3. The summed E-state index contributed by atoms with van der Waals surface area (Å²) < 4.78 is 1.81. The molecule has 0 bridgehead atoms. The number of hydrogen-bond acceptors (Lipinski definition) is 2. The van der Waals surface area contributed by atoms with E-state index in [0.717, 1.165) is 40.9 Å². The van der Waals surface area contributed by atoms with E-state index >= 15 is 0 Å². The van der Waals surface area contributed by atoms with Gasteiger partial charge in [0.05, 0.1) is 16.4 Å². The summed E-state index contributed by atoms with van der Waals surface area (Å²) in [6.45, 7) is 0. The molecule has 2 aromatic carbocycles. The molecular formula is C24H21Cl3N2O. The first-order valence-electron chi connectivity index (χ1n) is 10.4. The van der Waals surface area contributed by atoms with Crippen LogP contribution < -0.4 is 0 Å². The largest absolute Gasteiger partial charge is 0.292 e. The van der Waals surface area contributed by atoms with E-state index in [1.807, 2.05) is 28.9 Å². The normalized spacial score (nSPS) is 15.8. The van der Waals surface area contributed by atoms with Crippen molar-refractivity contribution in [1.82, 2.24) is 9.78 Å². The van der Waals surface area contributed by atoms with E-state index in [-0.39, 0.29) is 5.78 Å². The summed E-state index contributed by atoms with van der Waals surface area (Å²) in [5.41, 5.74) is 5.34. The number of carbonyl (C=O) groups is 1. The highest BCUT2D eigenvalue weighted by Crippen LogP contribution is 2.42. The van der Waals surface area contributed by atoms with Gasteiger partial charge in [0.15, 0.2) is 5.78 Å². The third-order valence-electron chi connectivity index (χ3n) is 6.27. The Morgan fingerprint density at radius 3 is 2.50 bits per heavy atom. The van der Waals surface area contributed by atoms with Gasteiger partial charge in [-0.05, 0) is 41.8 Å². The van der Waals surface area contributed by atoms with Crippen molar-refractivity contribution in [3.05, 3.63) is 68.3 Å². The van der Waals surface area contributed by atoms with Crippen molar-refractivity contribution in [3.63, 3.8) is 0 Å². The van der Waals surface area contributed by atoms with Gasteiger partial charge in [0.25, 0.3) is 0 Å². The molecule has 154 valence electrons. The summed E-state index contributed by atoms with van der Waals surface area (Å²) in [6.07, 6.45) is 7.20. The molecule has 0 radical (unpaired) electrons. The molecule has 0 unspecified atom stereocenters. The monoisotopic (exact) mass is 458 g/mol. The lowest BCUT2D eigenvalue weighted by atomic mass is 9.85. The number of carbonyl (C=O) groups excluding carboxylic acids is 1. The minimum atomic E-state index is 0.126. The van der Waals surface area contributed by atoms with Crippen LogP contribution >= 0.6 is 34.8 Å². The van der Waals surface area contributed by atoms with Crippen LogP contribution in [0.25, 0.3) is 16.9 Å². The van der Waals surface area contributed by atoms with Crippen LogP contribution in [0, 0.1) is 5.92 Å². The number of ketones is 1. The third kappa shape index (κ3) is 3.57. The summed E-state index contributed by atoms with van der Waals surface area (Å²) in [6, 6.07) is 11.2. The third-order valence-corrected chi connectivity index (χ3v) is 7.05. The summed E-state index contributed by atoms with van der Waals surface area (Å²) in [4.78, 5) is 13.3. The lowest BCUT2D eigenvalue weighted by molar-refractivity contribution is 0.0944. The van der Waals surface area contributed by atoms with Crippen LogP contribution in [0.2, 0.25) is 15.1 Å². The highest BCUT2D eigenvalue weighted by molar-refractivity contribution is 6.35. The van der Waals surface area contributed by atoms with E-state index in [4.69, 9.17) is 39.9 Å². The molecule has 0 spiro atoms. The molecule has 3 aromatic rings. The molecule has 2 aliphatic carbocycles. The minimum Gasteiger partial charge on any atom is -0.292 e. The first-order chi connectivity index (χ1) is 14.5. The quantitative estimate of drug-likeness (QED) is 0.295. The van der Waals surface area contributed by atoms with Crippen LogP contribution in [0.1, 0.15) is 60.1 Å². The van der Waals surface area contributed by atoms with Crippen LogP contribution in [-0.4, -0.2) is 15.6 Å². The maximum Gasteiger partial charge on any atom is 0.183 e. The van der Waals surface area contributed by atoms with Crippen LogP contribution in [-0.2, 0) is 6.42 Å². The molecule has 5 rings (SSSR count). The van der Waals surface area contributed by atoms with Crippen LogP contribution in [0.5, 0.6) is 0 Å². The number of hydrogen-bond donors (Lipinski definition) is 0. The van der Waals surface area contributed by atoms with E-state index in [0.29, 0.717) is 39.5 Å². The standard InChI is InChI=1S/C24H21Cl3N2O/c25-16-6-8-18-15(11-16)12-19-23(22(30)10-14-4-2-1-3-5-14)28-29(24(18)19)21-9-7-17(26)13-20(21)27/h6-9,11,13-14H,1-5,10,12H2. The molecule has 0 atom stereocenters. The molecule has 1 fully saturated rings. The Morgan fingerprint density at radius 2 is 1.73 bits per heavy atom. The second-order valence-electron chi connectivity index (χ2n) is 8.29. The lowest BCUT2D eigenvalue weighted by Gasteiger charge is -2.20. The predicted molar refractivity (Wildman–Crippen MR) is 122 cm³/mol. The van der Waals surface area contributed by atoms with E-state index in [2.05, 4.69) is 0 Å². The molecule has 0 amide bonds. The molecule has 0 saturated heterocycles. The SMILES string of the molecule is O=C(CC1CCCCC1)c1nn(-c2ccc(Cl)cc2Cl)c2c1Cc1cc(Cl)ccc1-2. The van der Waals surface area contributed by atoms with E-state index < -0.39 is 0 Å². The first kappa shape index (κ1) is 20.1. The van der Waals surface area contributed by atoms with Crippen molar-refractivity contribution in [2.45, 2.75) is 44.9 Å². The van der Waals surface area contributed by atoms with Gasteiger partial charge in [-0.1, -0.05) is 73.0 Å². The van der Waals surface area contributed by atoms with Crippen LogP contribution in [0.15, 0.2) is 36.4 Å². The van der Waals surface area contributed by atoms with E-state index in [1.54, 1.807) is 12.1 Å². The van der Waals surface area contributed by atoms with Crippen LogP contribution in [0.3, 0.4) is 0 Å². The van der Waals surface area contributed by atoms with Crippen molar-refractivity contribution in [3.8, 4) is 16.9 Å². The van der Waals surface area contributed by atoms with Gasteiger partial charge in [-0.3, -0.25) is 4.79 Å². The lowest BCUT2D eigenvalue weighted by Crippen LogP contribution is -2.14. The van der Waals surface area contributed by atoms with Gasteiger partial charge in [0.1, 0.15) is 5.69 Å². The molecule has 1 heterocycles. The number of fused-ring (bicyclic) bond motifs is 3. The van der Waals surface area contributed by atoms with Crippen LogP contribution in [0.4, 0.5) is 0 Å². The molecule has 0 N–H and O–H groups in total. The molecule has 6 heteroatoms. The fourth-order valence-electron chi connectivity index (χ4n) is 4.83. The molecule has 3 nitrogen and oxygen atoms in total. The van der Waals surface area contributed by atoms with Gasteiger partial charge in [0, 0.05) is 34.0 Å². The predicted octanol–water partition coefficient (Wildman–Crippen LogP) is 7.56. The Bertz CT molecular complexity index is 1150. The zero-order valence-electron chi connectivity index (χ0n) is 16.4. The molecule has 2 aliphatic rings. The highest BCUT2D eigenvalue weighted by atomic mass is 35.5. The second-order valence-corrected chi connectivity index (χ2v) is 9.57. The van der Waals surface area contributed by atoms with Crippen molar-refractivity contribution >= 4 is 40.6 Å². The maximum absolute atomic E-state index is 13.3. The van der Waals surface area contributed by atoms with Crippen molar-refractivity contribution < 1.29 is 4.79 Å². The van der Waals surface area contributed by atoms with E-state index in [1.165, 1.54) is 19.3 Å². The number of rotatable bonds is 4. The smallest absolute Gasteiger partial charge is 0.183 e. The summed E-state index contributed by atoms with van der Waals surface area (Å²) >= 11 is 18.9. The van der Waals surface area contributed by atoms with Gasteiger partial charge < -0.3 is 0 Å². The molecular weight excluding hydrogens is 439 g/mol. The second kappa shape index (κ2) is 8.03. The van der Waals surface area contributed by atoms with Crippen molar-refractivity contribution in [1.29, 1.82) is 0 Å². The fraction of sp³-hybridized carbons (Fsp3) is 0.333. The highest BCUT2D eigenvalue weighted by Gasteiger charge is 2.32. The zero-order chi connectivity index (χ0) is 20.8. The zero-order valence-corrected chi connectivity index (χ0v) is 18.7. The van der Waals surface area contributed by atoms with Gasteiger partial charge in [-0.25, -0.2) is 4.68 Å². The number of nitrogens with zero attached hydrogens (tertiary/aromatic N) is 2. The molecule has 0 aliphatic heterocycles. The average molecular weight is 460 g/mol. The van der Waals surface area contributed by atoms with Gasteiger partial charge >= 0.3 is 0 Å². The van der Waals surface area contributed by atoms with Gasteiger partial charge in [-0.15, -0.1) is 0 Å². The Labute approximate surface area is 190 Å². The number of benzene rings is 2. The van der Waals surface area contributed by atoms with Gasteiger partial charge in [-0.2, -0.15) is 5.10 Å². The Morgan fingerprint density at radius 1 is 1.00 bits per heavy atom. The summed E-state index contributed by atoms with van der Waals surface area (Å²) in [5.74, 6) is 0.588. The minimum absolute atomic E-state index is 0.126. The van der Waals surface area contributed by atoms with E-state index in [9.17, 15) is 4.79 Å². The first-order valence-corrected chi connectivity index (χ1v) is 11.5. The molecule has 1 aromatic heterocycles. The van der Waals surface area contributed by atoms with Crippen molar-refractivity contribution in [2.24, 2.45) is 5.92 Å². The Kier molecular flexibility index (Phi) is 5.38.